The second-order valence-corrected chi connectivity index (χ2v) is 8.81. The normalized spacial score (nSPS) is 17.5. The Morgan fingerprint density at radius 3 is 2.18 bits per heavy atom. The molecule has 0 bridgehead atoms. The number of nitrogens with zero attached hydrogens (tertiary/aromatic N) is 2. The molecule has 1 saturated heterocycles. The standard InChI is InChI=1S/C28H28N2O3/c1-17-7-6-8-20(15-17)25-24(26(31)23-16-18(2)9-10-19(23)3)27(32)28(33)30(25)22-13-11-21(12-14-22)29(4)5/h6-16,25,31H,1-5H3/b26-24+. The fourth-order valence-electron chi connectivity index (χ4n) is 4.30. The Balaban J connectivity index is 1.95. The van der Waals surface area contributed by atoms with Gasteiger partial charge in [-0.15, -0.1) is 0 Å². The topological polar surface area (TPSA) is 60.9 Å². The van der Waals surface area contributed by atoms with Gasteiger partial charge in [0.15, 0.2) is 0 Å². The van der Waals surface area contributed by atoms with Gasteiger partial charge in [-0.25, -0.2) is 0 Å². The molecule has 33 heavy (non-hydrogen) atoms. The van der Waals surface area contributed by atoms with Gasteiger partial charge >= 0.3 is 0 Å². The molecule has 0 aliphatic carbocycles. The summed E-state index contributed by atoms with van der Waals surface area (Å²) in [5, 5.41) is 11.4. The first-order chi connectivity index (χ1) is 15.7. The highest BCUT2D eigenvalue weighted by Crippen LogP contribution is 2.43. The van der Waals surface area contributed by atoms with Crippen LogP contribution in [0.4, 0.5) is 11.4 Å². The summed E-state index contributed by atoms with van der Waals surface area (Å²) >= 11 is 0. The van der Waals surface area contributed by atoms with Gasteiger partial charge in [0, 0.05) is 31.0 Å². The molecule has 1 aliphatic rings. The molecule has 5 heteroatoms. The number of amides is 1. The number of carbonyl (C=O) groups excluding carboxylic acids is 2. The highest BCUT2D eigenvalue weighted by atomic mass is 16.3. The van der Waals surface area contributed by atoms with E-state index in [1.54, 1.807) is 0 Å². The van der Waals surface area contributed by atoms with Crippen molar-refractivity contribution in [2.24, 2.45) is 0 Å². The summed E-state index contributed by atoms with van der Waals surface area (Å²) in [5.74, 6) is -1.48. The number of anilines is 2. The third kappa shape index (κ3) is 4.02. The summed E-state index contributed by atoms with van der Waals surface area (Å²) in [4.78, 5) is 30.1. The Morgan fingerprint density at radius 1 is 0.879 bits per heavy atom. The van der Waals surface area contributed by atoms with E-state index >= 15 is 0 Å². The average Bonchev–Trinajstić information content (AvgIpc) is 3.05. The molecule has 1 fully saturated rings. The van der Waals surface area contributed by atoms with Crippen LogP contribution in [0.1, 0.15) is 33.9 Å². The number of carbonyl (C=O) groups is 2. The van der Waals surface area contributed by atoms with Gasteiger partial charge in [0.25, 0.3) is 11.7 Å². The quantitative estimate of drug-likeness (QED) is 0.340. The van der Waals surface area contributed by atoms with Crippen LogP contribution in [0.15, 0.2) is 72.3 Å². The maximum Gasteiger partial charge on any atom is 0.300 e. The van der Waals surface area contributed by atoms with Gasteiger partial charge in [0.05, 0.1) is 11.6 Å². The number of hydrogen-bond donors (Lipinski definition) is 1. The minimum absolute atomic E-state index is 0.107. The maximum absolute atomic E-state index is 13.3. The van der Waals surface area contributed by atoms with E-state index in [2.05, 4.69) is 0 Å². The van der Waals surface area contributed by atoms with Crippen LogP contribution in [0.3, 0.4) is 0 Å². The molecule has 3 aromatic rings. The molecule has 0 radical (unpaired) electrons. The van der Waals surface area contributed by atoms with Gasteiger partial charge in [-0.05, 0) is 62.2 Å². The molecule has 168 valence electrons. The summed E-state index contributed by atoms with van der Waals surface area (Å²) in [6.45, 7) is 5.78. The molecule has 4 rings (SSSR count). The van der Waals surface area contributed by atoms with Crippen molar-refractivity contribution in [3.8, 4) is 0 Å². The Bertz CT molecular complexity index is 1270. The van der Waals surface area contributed by atoms with E-state index in [4.69, 9.17) is 0 Å². The number of rotatable bonds is 4. The lowest BCUT2D eigenvalue weighted by atomic mass is 9.92. The molecule has 0 saturated carbocycles. The third-order valence-electron chi connectivity index (χ3n) is 6.09. The van der Waals surface area contributed by atoms with E-state index in [-0.39, 0.29) is 11.3 Å². The summed E-state index contributed by atoms with van der Waals surface area (Å²) < 4.78 is 0. The lowest BCUT2D eigenvalue weighted by Gasteiger charge is -2.26. The first-order valence-electron chi connectivity index (χ1n) is 10.9. The maximum atomic E-state index is 13.3. The van der Waals surface area contributed by atoms with Crippen molar-refractivity contribution in [1.82, 2.24) is 0 Å². The van der Waals surface area contributed by atoms with Crippen molar-refractivity contribution < 1.29 is 14.7 Å². The lowest BCUT2D eigenvalue weighted by molar-refractivity contribution is -0.132. The molecule has 0 spiro atoms. The molecule has 1 atom stereocenters. The summed E-state index contributed by atoms with van der Waals surface area (Å²) in [7, 11) is 3.89. The van der Waals surface area contributed by atoms with Crippen LogP contribution in [0, 0.1) is 20.8 Å². The van der Waals surface area contributed by atoms with Crippen molar-refractivity contribution in [2.45, 2.75) is 26.8 Å². The number of ketones is 1. The van der Waals surface area contributed by atoms with Crippen LogP contribution >= 0.6 is 0 Å². The zero-order chi connectivity index (χ0) is 23.9. The number of aliphatic hydroxyl groups is 1. The number of benzene rings is 3. The van der Waals surface area contributed by atoms with E-state index in [1.807, 2.05) is 106 Å². The first-order valence-corrected chi connectivity index (χ1v) is 10.9. The molecule has 1 aliphatic heterocycles. The van der Waals surface area contributed by atoms with Crippen molar-refractivity contribution >= 4 is 28.8 Å². The van der Waals surface area contributed by atoms with Gasteiger partial charge in [-0.2, -0.15) is 0 Å². The van der Waals surface area contributed by atoms with Crippen molar-refractivity contribution in [3.05, 3.63) is 100 Å². The van der Waals surface area contributed by atoms with Gasteiger partial charge in [-0.3, -0.25) is 14.5 Å². The number of hydrogen-bond acceptors (Lipinski definition) is 4. The van der Waals surface area contributed by atoms with Gasteiger partial charge < -0.3 is 10.0 Å². The molecular formula is C28H28N2O3. The van der Waals surface area contributed by atoms with Crippen LogP contribution in [-0.2, 0) is 9.59 Å². The van der Waals surface area contributed by atoms with Crippen molar-refractivity contribution in [1.29, 1.82) is 0 Å². The van der Waals surface area contributed by atoms with Crippen molar-refractivity contribution in [2.75, 3.05) is 23.9 Å². The lowest BCUT2D eigenvalue weighted by Crippen LogP contribution is -2.29. The highest BCUT2D eigenvalue weighted by molar-refractivity contribution is 6.51. The Kier molecular flexibility index (Phi) is 5.81. The van der Waals surface area contributed by atoms with E-state index in [1.165, 1.54) is 4.90 Å². The van der Waals surface area contributed by atoms with Crippen LogP contribution in [-0.4, -0.2) is 30.9 Å². The SMILES string of the molecule is Cc1cccc(C2/C(=C(\O)c3cc(C)ccc3C)C(=O)C(=O)N2c2ccc(N(C)C)cc2)c1. The Hall–Kier alpha value is -3.86. The predicted octanol–water partition coefficient (Wildman–Crippen LogP) is 5.30. The summed E-state index contributed by atoms with van der Waals surface area (Å²) in [6, 6.07) is 20.2. The van der Waals surface area contributed by atoms with E-state index < -0.39 is 17.7 Å². The molecule has 3 aromatic carbocycles. The average molecular weight is 441 g/mol. The van der Waals surface area contributed by atoms with Crippen LogP contribution in [0.2, 0.25) is 0 Å². The molecule has 5 nitrogen and oxygen atoms in total. The minimum Gasteiger partial charge on any atom is -0.507 e. The van der Waals surface area contributed by atoms with Crippen LogP contribution in [0.5, 0.6) is 0 Å². The molecule has 1 N–H and O–H groups in total. The second kappa shape index (κ2) is 8.58. The van der Waals surface area contributed by atoms with E-state index in [0.717, 1.165) is 27.9 Å². The number of aliphatic hydroxyl groups excluding tert-OH is 1. The zero-order valence-electron chi connectivity index (χ0n) is 19.6. The predicted molar refractivity (Wildman–Crippen MR) is 133 cm³/mol. The highest BCUT2D eigenvalue weighted by Gasteiger charge is 2.47. The Morgan fingerprint density at radius 2 is 1.55 bits per heavy atom. The Labute approximate surface area is 194 Å². The summed E-state index contributed by atoms with van der Waals surface area (Å²) in [6.07, 6.45) is 0. The summed E-state index contributed by atoms with van der Waals surface area (Å²) in [5.41, 5.74) is 5.84. The smallest absolute Gasteiger partial charge is 0.300 e. The number of Topliss-reactive ketones (excluding diaryl/α,β-unsaturated/α-hetero) is 1. The van der Waals surface area contributed by atoms with E-state index in [0.29, 0.717) is 11.3 Å². The molecule has 1 unspecified atom stereocenters. The first kappa shape index (κ1) is 22.3. The fraction of sp³-hybridized carbons (Fsp3) is 0.214. The van der Waals surface area contributed by atoms with Gasteiger partial charge in [-0.1, -0.05) is 47.5 Å². The van der Waals surface area contributed by atoms with Crippen molar-refractivity contribution in [3.63, 3.8) is 0 Å². The third-order valence-corrected chi connectivity index (χ3v) is 6.09. The van der Waals surface area contributed by atoms with Gasteiger partial charge in [0.1, 0.15) is 5.76 Å². The molecule has 0 aromatic heterocycles. The van der Waals surface area contributed by atoms with Crippen LogP contribution < -0.4 is 9.80 Å². The molecule has 1 amide bonds. The van der Waals surface area contributed by atoms with Gasteiger partial charge in [0.2, 0.25) is 0 Å². The zero-order valence-corrected chi connectivity index (χ0v) is 19.6. The molecule has 1 heterocycles. The largest absolute Gasteiger partial charge is 0.507 e. The van der Waals surface area contributed by atoms with E-state index in [9.17, 15) is 14.7 Å². The second-order valence-electron chi connectivity index (χ2n) is 8.81. The van der Waals surface area contributed by atoms with Crippen LogP contribution in [0.25, 0.3) is 5.76 Å². The fourth-order valence-corrected chi connectivity index (χ4v) is 4.30. The number of aryl methyl sites for hydroxylation is 3. The molecular weight excluding hydrogens is 412 g/mol. The minimum atomic E-state index is -0.727. The monoisotopic (exact) mass is 440 g/mol.